The van der Waals surface area contributed by atoms with Crippen molar-refractivity contribution in [1.29, 1.82) is 0 Å². The monoisotopic (exact) mass is 830 g/mol. The Morgan fingerprint density at radius 2 is 1.63 bits per heavy atom. The minimum Gasteiger partial charge on any atom is -0.496 e. The van der Waals surface area contributed by atoms with Crippen molar-refractivity contribution < 1.29 is 52.9 Å². The smallest absolute Gasteiger partial charge is 0.326 e. The molecule has 0 saturated heterocycles. The van der Waals surface area contributed by atoms with Crippen LogP contribution < -0.4 is 30.7 Å². The number of aliphatic carboxylic acids is 1. The number of amides is 5. The Balaban J connectivity index is 1.64. The highest BCUT2D eigenvalue weighted by Gasteiger charge is 2.33. The third-order valence-corrected chi connectivity index (χ3v) is 10.1. The van der Waals surface area contributed by atoms with Gasteiger partial charge in [-0.25, -0.2) is 4.79 Å². The number of likely N-dealkylation sites (N-methyl/N-ethyl adjacent to an activating group) is 2. The van der Waals surface area contributed by atoms with E-state index >= 15 is 0 Å². The molecule has 0 radical (unpaired) electrons. The van der Waals surface area contributed by atoms with Crippen molar-refractivity contribution in [3.8, 4) is 22.6 Å². The van der Waals surface area contributed by atoms with Gasteiger partial charge in [-0.2, -0.15) is 0 Å². The summed E-state index contributed by atoms with van der Waals surface area (Å²) in [7, 11) is 5.89. The van der Waals surface area contributed by atoms with Crippen LogP contribution in [0.5, 0.6) is 11.5 Å². The molecule has 17 heteroatoms. The van der Waals surface area contributed by atoms with Crippen molar-refractivity contribution in [3.63, 3.8) is 0 Å². The van der Waals surface area contributed by atoms with E-state index in [0.717, 1.165) is 23.3 Å². The Hall–Kier alpha value is -6.33. The summed E-state index contributed by atoms with van der Waals surface area (Å²) in [5.41, 5.74) is 2.59. The molecule has 3 aromatic rings. The summed E-state index contributed by atoms with van der Waals surface area (Å²) in [6, 6.07) is 14.1. The Kier molecular flexibility index (Phi) is 17.6. The van der Waals surface area contributed by atoms with Crippen LogP contribution in [0.3, 0.4) is 0 Å². The molecule has 0 aromatic heterocycles. The van der Waals surface area contributed by atoms with Crippen LogP contribution in [0, 0.1) is 0 Å². The quantitative estimate of drug-likeness (QED) is 0.0852. The summed E-state index contributed by atoms with van der Waals surface area (Å²) in [5.74, 6) is -3.95. The topological polar surface area (TPSA) is 222 Å². The number of hydrogen-bond acceptors (Lipinski definition) is 11. The average Bonchev–Trinajstić information content (AvgIpc) is 3.24. The van der Waals surface area contributed by atoms with Gasteiger partial charge in [0.05, 0.1) is 40.5 Å². The van der Waals surface area contributed by atoms with Gasteiger partial charge in [0.25, 0.3) is 0 Å². The van der Waals surface area contributed by atoms with Gasteiger partial charge in [-0.15, -0.1) is 0 Å². The number of carbonyl (C=O) groups excluding carboxylic acids is 6. The second-order valence-electron chi connectivity index (χ2n) is 14.3. The maximum absolute atomic E-state index is 14.0. The second kappa shape index (κ2) is 22.7. The van der Waals surface area contributed by atoms with Crippen LogP contribution in [0.25, 0.3) is 11.1 Å². The lowest BCUT2D eigenvalue weighted by Crippen LogP contribution is -2.56. The fourth-order valence-corrected chi connectivity index (χ4v) is 6.67. The highest BCUT2D eigenvalue weighted by Crippen LogP contribution is 2.39. The summed E-state index contributed by atoms with van der Waals surface area (Å²) in [5, 5.41) is 20.3. The number of carbonyl (C=O) groups is 7. The van der Waals surface area contributed by atoms with Crippen LogP contribution in [0.1, 0.15) is 42.5 Å². The number of rotatable bonds is 19. The minimum atomic E-state index is -1.36. The molecule has 0 aliphatic carbocycles. The van der Waals surface area contributed by atoms with E-state index < -0.39 is 72.8 Å². The number of methoxy groups -OCH3 is 2. The molecule has 0 fully saturated rings. The fraction of sp³-hybridized carbons (Fsp3) is 0.419. The molecule has 1 heterocycles. The zero-order valence-corrected chi connectivity index (χ0v) is 34.5. The highest BCUT2D eigenvalue weighted by atomic mass is 16.5. The zero-order chi connectivity index (χ0) is 43.8. The van der Waals surface area contributed by atoms with Gasteiger partial charge < -0.3 is 50.3 Å². The number of aldehydes is 1. The van der Waals surface area contributed by atoms with Crippen molar-refractivity contribution in [2.45, 2.75) is 56.8 Å². The second-order valence-corrected chi connectivity index (χ2v) is 14.3. The molecule has 0 saturated carbocycles. The van der Waals surface area contributed by atoms with Gasteiger partial charge in [-0.3, -0.25) is 28.9 Å². The maximum Gasteiger partial charge on any atom is 0.326 e. The Bertz CT molecular complexity index is 1990. The van der Waals surface area contributed by atoms with Gasteiger partial charge >= 0.3 is 5.97 Å². The Morgan fingerprint density at radius 3 is 2.28 bits per heavy atom. The molecule has 5 N–H and O–H groups in total. The average molecular weight is 831 g/mol. The third-order valence-electron chi connectivity index (χ3n) is 10.1. The molecule has 1 aliphatic rings. The number of benzene rings is 3. The number of carboxylic acid groups (broad SMARTS) is 1. The Labute approximate surface area is 349 Å². The molecule has 3 aromatic carbocycles. The first-order valence-corrected chi connectivity index (χ1v) is 19.6. The number of hydrogen-bond donors (Lipinski definition) is 5. The number of unbranched alkanes of at least 4 members (excludes halogenated alkanes) is 1. The van der Waals surface area contributed by atoms with E-state index in [0.29, 0.717) is 46.6 Å². The van der Waals surface area contributed by atoms with Crippen LogP contribution >= 0.6 is 0 Å². The van der Waals surface area contributed by atoms with Gasteiger partial charge in [0, 0.05) is 37.6 Å². The fourth-order valence-electron chi connectivity index (χ4n) is 6.67. The van der Waals surface area contributed by atoms with Gasteiger partial charge in [0.1, 0.15) is 42.0 Å². The first-order valence-electron chi connectivity index (χ1n) is 19.6. The van der Waals surface area contributed by atoms with E-state index in [2.05, 4.69) is 21.3 Å². The summed E-state index contributed by atoms with van der Waals surface area (Å²) >= 11 is 0. The van der Waals surface area contributed by atoms with Crippen LogP contribution in [0.4, 0.5) is 0 Å². The van der Waals surface area contributed by atoms with E-state index in [1.54, 1.807) is 67.7 Å². The van der Waals surface area contributed by atoms with E-state index in [1.165, 1.54) is 26.2 Å². The van der Waals surface area contributed by atoms with E-state index in [9.17, 15) is 38.7 Å². The summed E-state index contributed by atoms with van der Waals surface area (Å²) < 4.78 is 17.0. The molecule has 0 spiro atoms. The predicted molar refractivity (Wildman–Crippen MR) is 220 cm³/mol. The van der Waals surface area contributed by atoms with Gasteiger partial charge in [0.15, 0.2) is 0 Å². The van der Waals surface area contributed by atoms with E-state index in [4.69, 9.17) is 14.2 Å². The molecule has 4 rings (SSSR count). The first kappa shape index (κ1) is 46.4. The number of nitrogens with one attached hydrogen (secondary N) is 4. The van der Waals surface area contributed by atoms with Crippen molar-refractivity contribution in [2.75, 3.05) is 61.2 Å². The molecular formula is C43H54N6O11. The van der Waals surface area contributed by atoms with E-state index in [-0.39, 0.29) is 26.0 Å². The molecule has 60 heavy (non-hydrogen) atoms. The Morgan fingerprint density at radius 1 is 0.950 bits per heavy atom. The zero-order valence-electron chi connectivity index (χ0n) is 34.5. The van der Waals surface area contributed by atoms with Crippen molar-refractivity contribution in [2.24, 2.45) is 0 Å². The van der Waals surface area contributed by atoms with Crippen molar-refractivity contribution >= 4 is 41.8 Å². The van der Waals surface area contributed by atoms with Crippen molar-refractivity contribution in [3.05, 3.63) is 83.4 Å². The lowest BCUT2D eigenvalue weighted by atomic mass is 9.94. The van der Waals surface area contributed by atoms with Gasteiger partial charge in [-0.1, -0.05) is 55.8 Å². The predicted octanol–water partition coefficient (Wildman–Crippen LogP) is 1.27. The molecule has 5 amide bonds. The summed E-state index contributed by atoms with van der Waals surface area (Å²) in [6.45, 7) is 1.16. The number of carboxylic acids is 1. The van der Waals surface area contributed by atoms with E-state index in [1.807, 2.05) is 13.0 Å². The lowest BCUT2D eigenvalue weighted by Gasteiger charge is -2.30. The standard InChI is InChI=1S/C43H54N6O11/c1-6-7-19-60-26-34(48(2)17-18-50)41(54)47-32(21-27-11-9-8-10-12-27)40(53)45-25-38(52)49(3)39-29-14-16-36(59-5)31(23-29)30-20-28(13-15-35(30)58-4)22-33(43(56)57)46-37(51)24-44-42(39)55/h8-16,18,20,23,32-34,39H,6-7,17,19,21-22,24-26H2,1-5H3,(H,44,55)(H,45,53)(H,46,51)(H,47,54)(H,56,57)/t32-,33?,34-,39?/m1/s1. The molecule has 2 unspecified atom stereocenters. The number of fused-ring (bicyclic) bond motifs is 5. The number of ether oxygens (including phenoxy) is 3. The van der Waals surface area contributed by atoms with Crippen LogP contribution in [0.15, 0.2) is 66.7 Å². The highest BCUT2D eigenvalue weighted by molar-refractivity contribution is 5.95. The minimum absolute atomic E-state index is 0.0182. The summed E-state index contributed by atoms with van der Waals surface area (Å²) in [4.78, 5) is 94.6. The lowest BCUT2D eigenvalue weighted by molar-refractivity contribution is -0.142. The molecule has 4 bridgehead atoms. The molecule has 17 nitrogen and oxygen atoms in total. The molecule has 4 atom stereocenters. The van der Waals surface area contributed by atoms with Crippen molar-refractivity contribution in [1.82, 2.24) is 31.1 Å². The molecule has 322 valence electrons. The normalized spacial score (nSPS) is 16.2. The largest absolute Gasteiger partial charge is 0.496 e. The summed E-state index contributed by atoms with van der Waals surface area (Å²) in [6.07, 6.45) is 2.33. The van der Waals surface area contributed by atoms with Gasteiger partial charge in [0.2, 0.25) is 29.5 Å². The third kappa shape index (κ3) is 12.6. The van der Waals surface area contributed by atoms with Crippen LogP contribution in [-0.4, -0.2) is 136 Å². The molecule has 1 aliphatic heterocycles. The molecular weight excluding hydrogens is 777 g/mol. The SMILES string of the molecule is CCCCOC[C@H](C(=O)N[C@H](Cc1ccccc1)C(=O)NCC(=O)N(C)C1C(=O)NCC(=O)NC(C(=O)O)Cc2ccc(OC)c(c2)-c2cc1ccc2OC)N(C)CC=O. The first-order chi connectivity index (χ1) is 28.8. The number of nitrogens with zero attached hydrogens (tertiary/aromatic N) is 2. The maximum atomic E-state index is 14.0. The van der Waals surface area contributed by atoms with Crippen LogP contribution in [-0.2, 0) is 51.1 Å². The van der Waals surface area contributed by atoms with Crippen LogP contribution in [0.2, 0.25) is 0 Å². The van der Waals surface area contributed by atoms with Gasteiger partial charge in [-0.05, 0) is 54.4 Å².